The van der Waals surface area contributed by atoms with Crippen LogP contribution in [-0.2, 0) is 6.18 Å². The second-order valence-corrected chi connectivity index (χ2v) is 9.19. The number of rotatable bonds is 7. The summed E-state index contributed by atoms with van der Waals surface area (Å²) in [6.45, 7) is 3.66. The number of fused-ring (bicyclic) bond motifs is 1. The van der Waals surface area contributed by atoms with Crippen molar-refractivity contribution in [2.24, 2.45) is 5.10 Å². The van der Waals surface area contributed by atoms with Gasteiger partial charge in [0.25, 0.3) is 5.56 Å². The minimum atomic E-state index is -4.61. The Morgan fingerprint density at radius 1 is 1.18 bits per heavy atom. The van der Waals surface area contributed by atoms with Gasteiger partial charge in [0, 0.05) is 17.2 Å². The Labute approximate surface area is 222 Å². The maximum absolute atomic E-state index is 13.4. The van der Waals surface area contributed by atoms with E-state index in [0.29, 0.717) is 10.9 Å². The third-order valence-corrected chi connectivity index (χ3v) is 6.25. The highest BCUT2D eigenvalue weighted by Crippen LogP contribution is 2.37. The van der Waals surface area contributed by atoms with E-state index < -0.39 is 22.2 Å². The predicted octanol–water partition coefficient (Wildman–Crippen LogP) is 6.81. The average molecular weight is 589 g/mol. The fourth-order valence-electron chi connectivity index (χ4n) is 3.59. The van der Waals surface area contributed by atoms with Crippen molar-refractivity contribution in [3.8, 4) is 17.1 Å². The molecule has 3 aromatic carbocycles. The maximum atomic E-state index is 13.4. The molecule has 0 saturated carbocycles. The number of hydrogen-bond acceptors (Lipinski definition) is 6. The van der Waals surface area contributed by atoms with Crippen LogP contribution in [0.15, 0.2) is 75.0 Å². The van der Waals surface area contributed by atoms with Crippen LogP contribution in [-0.4, -0.2) is 26.9 Å². The van der Waals surface area contributed by atoms with Crippen LogP contribution >= 0.6 is 15.9 Å². The first-order valence-electron chi connectivity index (χ1n) is 11.4. The fourth-order valence-corrected chi connectivity index (χ4v) is 4.15. The minimum absolute atomic E-state index is 0.0179. The van der Waals surface area contributed by atoms with Gasteiger partial charge in [-0.1, -0.05) is 31.2 Å². The van der Waals surface area contributed by atoms with Gasteiger partial charge in [-0.3, -0.25) is 14.9 Å². The number of ether oxygens (including phenoxy) is 1. The summed E-state index contributed by atoms with van der Waals surface area (Å²) >= 11 is 3.30. The first-order chi connectivity index (χ1) is 18.0. The molecule has 0 aliphatic heterocycles. The molecule has 1 atom stereocenters. The molecule has 8 nitrogen and oxygen atoms in total. The van der Waals surface area contributed by atoms with Crippen molar-refractivity contribution in [1.82, 2.24) is 9.66 Å². The molecule has 0 bridgehead atoms. The number of hydrogen-bond donors (Lipinski definition) is 0. The van der Waals surface area contributed by atoms with Crippen molar-refractivity contribution < 1.29 is 22.8 Å². The smallest absolute Gasteiger partial charge is 0.416 e. The summed E-state index contributed by atoms with van der Waals surface area (Å²) in [7, 11) is 0. The van der Waals surface area contributed by atoms with Gasteiger partial charge >= 0.3 is 11.9 Å². The number of aromatic nitrogens is 2. The quantitative estimate of drug-likeness (QED) is 0.134. The zero-order valence-electron chi connectivity index (χ0n) is 20.1. The maximum Gasteiger partial charge on any atom is 0.416 e. The molecule has 0 spiro atoms. The Bertz CT molecular complexity index is 1620. The summed E-state index contributed by atoms with van der Waals surface area (Å²) in [5.74, 6) is -0.0722. The highest BCUT2D eigenvalue weighted by Gasteiger charge is 2.31. The molecule has 1 heterocycles. The van der Waals surface area contributed by atoms with Crippen LogP contribution in [0, 0.1) is 10.1 Å². The normalized spacial score (nSPS) is 12.7. The summed E-state index contributed by atoms with van der Waals surface area (Å²) in [6.07, 6.45) is -3.06. The molecule has 196 valence electrons. The Hall–Kier alpha value is -4.06. The molecule has 0 unspecified atom stereocenters. The van der Waals surface area contributed by atoms with Gasteiger partial charge in [-0.15, -0.1) is 0 Å². The molecule has 0 aliphatic rings. The van der Waals surface area contributed by atoms with Crippen LogP contribution in [0.4, 0.5) is 18.9 Å². The molecule has 38 heavy (non-hydrogen) atoms. The van der Waals surface area contributed by atoms with Gasteiger partial charge in [-0.05, 0) is 59.6 Å². The molecule has 1 aromatic heterocycles. The first-order valence-corrected chi connectivity index (χ1v) is 12.2. The molecule has 0 amide bonds. The monoisotopic (exact) mass is 588 g/mol. The lowest BCUT2D eigenvalue weighted by atomic mass is 10.1. The number of nitro benzene ring substituents is 1. The highest BCUT2D eigenvalue weighted by molar-refractivity contribution is 9.10. The number of para-hydroxylation sites is 1. The van der Waals surface area contributed by atoms with E-state index in [2.05, 4.69) is 26.0 Å². The molecule has 12 heteroatoms. The molecule has 0 aliphatic carbocycles. The molecule has 0 fully saturated rings. The van der Waals surface area contributed by atoms with Crippen molar-refractivity contribution in [3.05, 3.63) is 96.7 Å². The van der Waals surface area contributed by atoms with Gasteiger partial charge in [0.2, 0.25) is 5.75 Å². The van der Waals surface area contributed by atoms with Crippen molar-refractivity contribution in [3.63, 3.8) is 0 Å². The topological polar surface area (TPSA) is 99.6 Å². The van der Waals surface area contributed by atoms with Gasteiger partial charge in [0.15, 0.2) is 5.82 Å². The molecule has 0 N–H and O–H groups in total. The lowest BCUT2D eigenvalue weighted by molar-refractivity contribution is -0.386. The summed E-state index contributed by atoms with van der Waals surface area (Å²) < 4.78 is 47.0. The zero-order chi connectivity index (χ0) is 27.6. The van der Waals surface area contributed by atoms with Gasteiger partial charge in [-0.25, -0.2) is 4.98 Å². The molecule has 4 rings (SSSR count). The standard InChI is InChI=1S/C26H20BrF3N4O4/c1-3-15(2)38-23-20(27)11-16(12-22(23)34(36)37)14-31-33-24(17-7-6-8-18(13-17)26(28,29)30)32-21-10-5-4-9-19(21)25(33)35/h4-15H,3H2,1-2H3/t15-/m0/s1. The van der Waals surface area contributed by atoms with E-state index >= 15 is 0 Å². The SMILES string of the molecule is CC[C@H](C)Oc1c(Br)cc(C=Nn2c(-c3cccc(C(F)(F)F)c3)nc3ccccc3c2=O)cc1[N+](=O)[O-]. The highest BCUT2D eigenvalue weighted by atomic mass is 79.9. The van der Waals surface area contributed by atoms with Crippen LogP contribution in [0.3, 0.4) is 0 Å². The van der Waals surface area contributed by atoms with Gasteiger partial charge in [0.1, 0.15) is 0 Å². The number of benzene rings is 3. The predicted molar refractivity (Wildman–Crippen MR) is 141 cm³/mol. The summed E-state index contributed by atoms with van der Waals surface area (Å²) in [4.78, 5) is 28.9. The van der Waals surface area contributed by atoms with Crippen LogP contribution in [0.2, 0.25) is 0 Å². The fraction of sp³-hybridized carbons (Fsp3) is 0.192. The van der Waals surface area contributed by atoms with Crippen molar-refractivity contribution in [1.29, 1.82) is 0 Å². The zero-order valence-corrected chi connectivity index (χ0v) is 21.7. The van der Waals surface area contributed by atoms with E-state index in [4.69, 9.17) is 4.74 Å². The number of nitrogens with zero attached hydrogens (tertiary/aromatic N) is 4. The van der Waals surface area contributed by atoms with Gasteiger partial charge in [-0.2, -0.15) is 22.9 Å². The van der Waals surface area contributed by atoms with Crippen LogP contribution in [0.5, 0.6) is 5.75 Å². The van der Waals surface area contributed by atoms with Crippen LogP contribution in [0.1, 0.15) is 31.4 Å². The Morgan fingerprint density at radius 3 is 2.61 bits per heavy atom. The summed E-state index contributed by atoms with van der Waals surface area (Å²) in [5, 5.41) is 16.1. The van der Waals surface area contributed by atoms with Crippen LogP contribution in [0.25, 0.3) is 22.3 Å². The minimum Gasteiger partial charge on any atom is -0.483 e. The van der Waals surface area contributed by atoms with Crippen molar-refractivity contribution in [2.45, 2.75) is 32.5 Å². The lowest BCUT2D eigenvalue weighted by Gasteiger charge is -2.14. The molecule has 0 saturated heterocycles. The third kappa shape index (κ3) is 5.59. The molecule has 4 aromatic rings. The van der Waals surface area contributed by atoms with E-state index in [-0.39, 0.29) is 45.4 Å². The van der Waals surface area contributed by atoms with E-state index in [1.54, 1.807) is 25.1 Å². The Morgan fingerprint density at radius 2 is 1.92 bits per heavy atom. The second kappa shape index (κ2) is 10.7. The number of alkyl halides is 3. The number of nitro groups is 1. The van der Waals surface area contributed by atoms with E-state index in [1.807, 2.05) is 6.92 Å². The van der Waals surface area contributed by atoms with E-state index in [9.17, 15) is 28.1 Å². The van der Waals surface area contributed by atoms with Gasteiger partial charge < -0.3 is 4.74 Å². The average Bonchev–Trinajstić information content (AvgIpc) is 2.88. The van der Waals surface area contributed by atoms with E-state index in [1.165, 1.54) is 36.5 Å². The van der Waals surface area contributed by atoms with E-state index in [0.717, 1.165) is 16.8 Å². The molecular weight excluding hydrogens is 569 g/mol. The molecule has 0 radical (unpaired) electrons. The van der Waals surface area contributed by atoms with Gasteiger partial charge in [0.05, 0.1) is 38.2 Å². The summed E-state index contributed by atoms with van der Waals surface area (Å²) in [6, 6.07) is 13.5. The van der Waals surface area contributed by atoms with Crippen LogP contribution < -0.4 is 10.3 Å². The van der Waals surface area contributed by atoms with Crippen molar-refractivity contribution >= 4 is 38.7 Å². The Kier molecular flexibility index (Phi) is 7.63. The molecular formula is C26H20BrF3N4O4. The lowest BCUT2D eigenvalue weighted by Crippen LogP contribution is -2.20. The first kappa shape index (κ1) is 27.0. The largest absolute Gasteiger partial charge is 0.483 e. The van der Waals surface area contributed by atoms with Crippen molar-refractivity contribution in [2.75, 3.05) is 0 Å². The third-order valence-electron chi connectivity index (χ3n) is 5.66. The summed E-state index contributed by atoms with van der Waals surface area (Å²) in [5.41, 5.74) is -1.31. The Balaban J connectivity index is 1.88. The second-order valence-electron chi connectivity index (χ2n) is 8.34. The number of halogens is 4.